The first kappa shape index (κ1) is 17.6. The van der Waals surface area contributed by atoms with Gasteiger partial charge in [-0.15, -0.1) is 0 Å². The van der Waals surface area contributed by atoms with Crippen LogP contribution in [-0.4, -0.2) is 25.5 Å². The van der Waals surface area contributed by atoms with Gasteiger partial charge in [-0.3, -0.25) is 4.79 Å². The average molecular weight is 378 g/mol. The van der Waals surface area contributed by atoms with Gasteiger partial charge in [0.25, 0.3) is 5.78 Å². The highest BCUT2D eigenvalue weighted by Gasteiger charge is 2.12. The third kappa shape index (κ3) is 3.91. The van der Waals surface area contributed by atoms with Crippen LogP contribution in [0.15, 0.2) is 24.5 Å². The first-order valence-electron chi connectivity index (χ1n) is 7.82. The van der Waals surface area contributed by atoms with Crippen LogP contribution in [-0.2, 0) is 17.8 Å². The summed E-state index contributed by atoms with van der Waals surface area (Å²) in [7, 11) is 0. The Morgan fingerprint density at radius 1 is 1.28 bits per heavy atom. The van der Waals surface area contributed by atoms with E-state index in [1.807, 2.05) is 19.9 Å². The quantitative estimate of drug-likeness (QED) is 0.740. The SMILES string of the molecule is Cc1nc2ncnn2c(C)c1CCC(=O)NCc1ccc(Cl)cc1Cl. The summed E-state index contributed by atoms with van der Waals surface area (Å²) in [5.41, 5.74) is 3.66. The van der Waals surface area contributed by atoms with Gasteiger partial charge in [0.1, 0.15) is 6.33 Å². The van der Waals surface area contributed by atoms with E-state index in [1.165, 1.54) is 6.33 Å². The summed E-state index contributed by atoms with van der Waals surface area (Å²) in [5, 5.41) is 8.15. The molecule has 0 fully saturated rings. The van der Waals surface area contributed by atoms with Crippen LogP contribution in [0.3, 0.4) is 0 Å². The average Bonchev–Trinajstić information content (AvgIpc) is 3.02. The van der Waals surface area contributed by atoms with Crippen LogP contribution in [0, 0.1) is 13.8 Å². The minimum atomic E-state index is -0.0523. The van der Waals surface area contributed by atoms with E-state index >= 15 is 0 Å². The Morgan fingerprint density at radius 2 is 2.08 bits per heavy atom. The highest BCUT2D eigenvalue weighted by Crippen LogP contribution is 2.21. The molecule has 0 atom stereocenters. The minimum absolute atomic E-state index is 0.0523. The van der Waals surface area contributed by atoms with Crippen molar-refractivity contribution >= 4 is 34.9 Å². The molecule has 3 aromatic rings. The topological polar surface area (TPSA) is 72.2 Å². The zero-order valence-corrected chi connectivity index (χ0v) is 15.4. The van der Waals surface area contributed by atoms with Gasteiger partial charge in [0.2, 0.25) is 5.91 Å². The summed E-state index contributed by atoms with van der Waals surface area (Å²) in [5.74, 6) is 0.518. The Bertz CT molecular complexity index is 938. The molecule has 8 heteroatoms. The standard InChI is InChI=1S/C17H17Cl2N5O/c1-10-14(11(2)24-17(23-10)21-9-22-24)5-6-16(25)20-8-12-3-4-13(18)7-15(12)19/h3-4,7,9H,5-6,8H2,1-2H3,(H,20,25). The lowest BCUT2D eigenvalue weighted by Crippen LogP contribution is -2.23. The predicted molar refractivity (Wildman–Crippen MR) is 96.9 cm³/mol. The molecule has 0 bridgehead atoms. The Kier molecular flexibility index (Phi) is 5.20. The second kappa shape index (κ2) is 7.37. The van der Waals surface area contributed by atoms with E-state index in [1.54, 1.807) is 16.6 Å². The fraction of sp³-hybridized carbons (Fsp3) is 0.294. The van der Waals surface area contributed by atoms with Gasteiger partial charge < -0.3 is 5.32 Å². The van der Waals surface area contributed by atoms with Crippen molar-refractivity contribution in [3.63, 3.8) is 0 Å². The summed E-state index contributed by atoms with van der Waals surface area (Å²) < 4.78 is 1.69. The molecule has 1 aromatic carbocycles. The van der Waals surface area contributed by atoms with Crippen LogP contribution in [0.4, 0.5) is 0 Å². The highest BCUT2D eigenvalue weighted by molar-refractivity contribution is 6.35. The Balaban J connectivity index is 1.62. The zero-order chi connectivity index (χ0) is 18.0. The number of nitrogens with one attached hydrogen (secondary N) is 1. The molecule has 0 saturated carbocycles. The number of aryl methyl sites for hydroxylation is 2. The Hall–Kier alpha value is -2.18. The number of rotatable bonds is 5. The predicted octanol–water partition coefficient (Wildman–Crippen LogP) is 3.30. The molecule has 0 unspecified atom stereocenters. The zero-order valence-electron chi connectivity index (χ0n) is 13.9. The number of hydrogen-bond donors (Lipinski definition) is 1. The van der Waals surface area contributed by atoms with Crippen molar-refractivity contribution in [1.82, 2.24) is 24.9 Å². The van der Waals surface area contributed by atoms with Gasteiger partial charge in [0.05, 0.1) is 0 Å². The molecule has 130 valence electrons. The molecular weight excluding hydrogens is 361 g/mol. The van der Waals surface area contributed by atoms with Gasteiger partial charge in [-0.1, -0.05) is 29.3 Å². The normalized spacial score (nSPS) is 11.0. The lowest BCUT2D eigenvalue weighted by molar-refractivity contribution is -0.121. The molecule has 0 aliphatic carbocycles. The molecule has 0 aliphatic rings. The van der Waals surface area contributed by atoms with Crippen LogP contribution in [0.25, 0.3) is 5.78 Å². The molecule has 2 aromatic heterocycles. The number of aromatic nitrogens is 4. The fourth-order valence-electron chi connectivity index (χ4n) is 2.70. The maximum atomic E-state index is 12.2. The van der Waals surface area contributed by atoms with Crippen molar-refractivity contribution in [2.24, 2.45) is 0 Å². The largest absolute Gasteiger partial charge is 0.352 e. The lowest BCUT2D eigenvalue weighted by Gasteiger charge is -2.11. The number of halogens is 2. The molecular formula is C17H17Cl2N5O. The maximum Gasteiger partial charge on any atom is 0.252 e. The molecule has 1 amide bonds. The van der Waals surface area contributed by atoms with Crippen molar-refractivity contribution in [1.29, 1.82) is 0 Å². The molecule has 0 saturated heterocycles. The first-order chi connectivity index (χ1) is 12.0. The summed E-state index contributed by atoms with van der Waals surface area (Å²) >= 11 is 12.0. The number of fused-ring (bicyclic) bond motifs is 1. The van der Waals surface area contributed by atoms with Crippen LogP contribution in [0.1, 0.15) is 28.9 Å². The van der Waals surface area contributed by atoms with Crippen molar-refractivity contribution in [2.75, 3.05) is 0 Å². The molecule has 6 nitrogen and oxygen atoms in total. The number of nitrogens with zero attached hydrogens (tertiary/aromatic N) is 4. The lowest BCUT2D eigenvalue weighted by atomic mass is 10.1. The van der Waals surface area contributed by atoms with Crippen molar-refractivity contribution < 1.29 is 4.79 Å². The van der Waals surface area contributed by atoms with Crippen LogP contribution >= 0.6 is 23.2 Å². The van der Waals surface area contributed by atoms with Gasteiger partial charge in [0.15, 0.2) is 0 Å². The van der Waals surface area contributed by atoms with E-state index in [2.05, 4.69) is 20.4 Å². The summed E-state index contributed by atoms with van der Waals surface area (Å²) in [6.07, 6.45) is 2.41. The molecule has 0 aliphatic heterocycles. The van der Waals surface area contributed by atoms with Gasteiger partial charge in [-0.25, -0.2) is 9.50 Å². The number of carbonyl (C=O) groups excluding carboxylic acids is 1. The molecule has 2 heterocycles. The van der Waals surface area contributed by atoms with Crippen molar-refractivity contribution in [3.05, 3.63) is 57.1 Å². The van der Waals surface area contributed by atoms with E-state index < -0.39 is 0 Å². The smallest absolute Gasteiger partial charge is 0.252 e. The van der Waals surface area contributed by atoms with E-state index in [-0.39, 0.29) is 5.91 Å². The van der Waals surface area contributed by atoms with Crippen LogP contribution in [0.2, 0.25) is 10.0 Å². The molecule has 3 rings (SSSR count). The van der Waals surface area contributed by atoms with Crippen molar-refractivity contribution in [2.45, 2.75) is 33.2 Å². The molecule has 0 spiro atoms. The summed E-state index contributed by atoms with van der Waals surface area (Å²) in [6, 6.07) is 5.22. The van der Waals surface area contributed by atoms with E-state index in [9.17, 15) is 4.79 Å². The first-order valence-corrected chi connectivity index (χ1v) is 8.57. The molecule has 0 radical (unpaired) electrons. The second-order valence-corrected chi connectivity index (χ2v) is 6.59. The van der Waals surface area contributed by atoms with Gasteiger partial charge in [-0.2, -0.15) is 10.1 Å². The second-order valence-electron chi connectivity index (χ2n) is 5.75. The van der Waals surface area contributed by atoms with Crippen LogP contribution in [0.5, 0.6) is 0 Å². The fourth-order valence-corrected chi connectivity index (χ4v) is 3.18. The third-order valence-corrected chi connectivity index (χ3v) is 4.67. The van der Waals surface area contributed by atoms with Crippen LogP contribution < -0.4 is 5.32 Å². The Morgan fingerprint density at radius 3 is 2.84 bits per heavy atom. The molecule has 25 heavy (non-hydrogen) atoms. The van der Waals surface area contributed by atoms with E-state index in [0.29, 0.717) is 35.2 Å². The number of hydrogen-bond acceptors (Lipinski definition) is 4. The summed E-state index contributed by atoms with van der Waals surface area (Å²) in [4.78, 5) is 20.7. The number of amides is 1. The number of benzene rings is 1. The summed E-state index contributed by atoms with van der Waals surface area (Å²) in [6.45, 7) is 4.24. The third-order valence-electron chi connectivity index (χ3n) is 4.08. The van der Waals surface area contributed by atoms with E-state index in [4.69, 9.17) is 23.2 Å². The number of carbonyl (C=O) groups is 1. The van der Waals surface area contributed by atoms with Gasteiger partial charge >= 0.3 is 0 Å². The van der Waals surface area contributed by atoms with Crippen molar-refractivity contribution in [3.8, 4) is 0 Å². The Labute approximate surface area is 155 Å². The highest BCUT2D eigenvalue weighted by atomic mass is 35.5. The molecule has 1 N–H and O–H groups in total. The maximum absolute atomic E-state index is 12.2. The minimum Gasteiger partial charge on any atom is -0.352 e. The van der Waals surface area contributed by atoms with Gasteiger partial charge in [0, 0.05) is 34.4 Å². The van der Waals surface area contributed by atoms with E-state index in [0.717, 1.165) is 22.5 Å². The van der Waals surface area contributed by atoms with Gasteiger partial charge in [-0.05, 0) is 43.5 Å². The monoisotopic (exact) mass is 377 g/mol.